The molecule has 0 fully saturated rings. The van der Waals surface area contributed by atoms with E-state index < -0.39 is 20.0 Å². The molecule has 0 atom stereocenters. The van der Waals surface area contributed by atoms with Gasteiger partial charge in [0.2, 0.25) is 0 Å². The number of thiazole rings is 1. The lowest BCUT2D eigenvalue weighted by Crippen LogP contribution is -2.07. The summed E-state index contributed by atoms with van der Waals surface area (Å²) in [4.78, 5) is 15.0. The molecule has 0 amide bonds. The molecule has 15 heavy (non-hydrogen) atoms. The number of aryl methyl sites for hydroxylation is 1. The fourth-order valence-electron chi connectivity index (χ4n) is 0.899. The number of nitrogens with zero attached hydrogens (tertiary/aromatic N) is 1. The summed E-state index contributed by atoms with van der Waals surface area (Å²) < 4.78 is 26.8. The van der Waals surface area contributed by atoms with Gasteiger partial charge in [-0.3, -0.25) is 0 Å². The molecule has 0 bridgehead atoms. The largest absolute Gasteiger partial charge is 0.462 e. The van der Waals surface area contributed by atoms with Gasteiger partial charge in [0.15, 0.2) is 9.90 Å². The summed E-state index contributed by atoms with van der Waals surface area (Å²) >= 11 is 0.940. The first-order chi connectivity index (χ1) is 6.86. The lowest BCUT2D eigenvalue weighted by molar-refractivity contribution is 0.0527. The van der Waals surface area contributed by atoms with Gasteiger partial charge in [-0.05, 0) is 13.8 Å². The maximum atomic E-state index is 11.4. The molecule has 84 valence electrons. The van der Waals surface area contributed by atoms with Crippen molar-refractivity contribution in [1.29, 1.82) is 0 Å². The lowest BCUT2D eigenvalue weighted by Gasteiger charge is -1.98. The third-order valence-electron chi connectivity index (χ3n) is 1.39. The Morgan fingerprint density at radius 2 is 2.20 bits per heavy atom. The Bertz CT molecular complexity index is 479. The average molecular weight is 270 g/mol. The van der Waals surface area contributed by atoms with E-state index in [9.17, 15) is 13.2 Å². The van der Waals surface area contributed by atoms with Gasteiger partial charge in [-0.15, -0.1) is 11.3 Å². The summed E-state index contributed by atoms with van der Waals surface area (Å²) in [5, 5.41) is 0.0161. The van der Waals surface area contributed by atoms with Crippen molar-refractivity contribution in [2.75, 3.05) is 6.61 Å². The zero-order chi connectivity index (χ0) is 11.6. The first-order valence-corrected chi connectivity index (χ1v) is 7.08. The van der Waals surface area contributed by atoms with Crippen LogP contribution in [-0.4, -0.2) is 26.0 Å². The molecular formula is C7H8ClNO4S2. The van der Waals surface area contributed by atoms with Gasteiger partial charge in [0.1, 0.15) is 0 Å². The van der Waals surface area contributed by atoms with Crippen molar-refractivity contribution in [2.24, 2.45) is 0 Å². The number of aromatic nitrogens is 1. The summed E-state index contributed by atoms with van der Waals surface area (Å²) in [6.07, 6.45) is 0. The second-order valence-corrected chi connectivity index (χ2v) is 6.21. The molecule has 5 nitrogen and oxygen atoms in total. The summed E-state index contributed by atoms with van der Waals surface area (Å²) in [7, 11) is 1.12. The van der Waals surface area contributed by atoms with Crippen LogP contribution in [0, 0.1) is 6.92 Å². The molecule has 0 radical (unpaired) electrons. The van der Waals surface area contributed by atoms with Crippen LogP contribution in [0.1, 0.15) is 21.6 Å². The number of carbonyl (C=O) groups excluding carboxylic acids is 1. The molecule has 0 aromatic carbocycles. The second kappa shape index (κ2) is 4.46. The highest BCUT2D eigenvalue weighted by molar-refractivity contribution is 8.13. The smallest absolute Gasteiger partial charge is 0.351 e. The van der Waals surface area contributed by atoms with Gasteiger partial charge in [-0.2, -0.15) is 0 Å². The standard InChI is InChI=1S/C7H8ClNO4S2/c1-3-13-7(10)5-6(15(8,11)12)9-4(2)14-5/h3H2,1-2H3. The number of hydrogen-bond donors (Lipinski definition) is 0. The Kier molecular flexibility index (Phi) is 3.69. The Hall–Kier alpha value is -0.660. The minimum atomic E-state index is -4.01. The predicted molar refractivity (Wildman–Crippen MR) is 55.8 cm³/mol. The maximum absolute atomic E-state index is 11.4. The van der Waals surface area contributed by atoms with E-state index in [-0.39, 0.29) is 11.5 Å². The molecule has 1 aromatic rings. The SMILES string of the molecule is CCOC(=O)c1sc(C)nc1S(=O)(=O)Cl. The highest BCUT2D eigenvalue weighted by Crippen LogP contribution is 2.25. The third kappa shape index (κ3) is 2.90. The summed E-state index contributed by atoms with van der Waals surface area (Å²) in [6, 6.07) is 0. The molecule has 0 spiro atoms. The van der Waals surface area contributed by atoms with Gasteiger partial charge < -0.3 is 4.74 Å². The topological polar surface area (TPSA) is 73.3 Å². The van der Waals surface area contributed by atoms with Gasteiger partial charge in [0.05, 0.1) is 11.6 Å². The molecule has 0 unspecified atom stereocenters. The number of carbonyl (C=O) groups is 1. The fraction of sp³-hybridized carbons (Fsp3) is 0.429. The number of halogens is 1. The molecule has 1 rings (SSSR count). The minimum absolute atomic E-state index is 0.0793. The Balaban J connectivity index is 3.24. The lowest BCUT2D eigenvalue weighted by atomic mass is 10.5. The van der Waals surface area contributed by atoms with Gasteiger partial charge in [0, 0.05) is 10.7 Å². The normalized spacial score (nSPS) is 11.4. The van der Waals surface area contributed by atoms with E-state index in [1.165, 1.54) is 0 Å². The molecule has 1 aromatic heterocycles. The van der Waals surface area contributed by atoms with Crippen molar-refractivity contribution < 1.29 is 17.9 Å². The Morgan fingerprint density at radius 1 is 1.60 bits per heavy atom. The van der Waals surface area contributed by atoms with Crippen LogP contribution in [-0.2, 0) is 13.8 Å². The molecular weight excluding hydrogens is 262 g/mol. The maximum Gasteiger partial charge on any atom is 0.351 e. The van der Waals surface area contributed by atoms with Crippen molar-refractivity contribution in [2.45, 2.75) is 18.9 Å². The molecule has 0 saturated heterocycles. The van der Waals surface area contributed by atoms with Gasteiger partial charge in [-0.25, -0.2) is 18.2 Å². The second-order valence-electron chi connectivity index (χ2n) is 2.53. The van der Waals surface area contributed by atoms with Crippen molar-refractivity contribution in [3.05, 3.63) is 9.88 Å². The highest BCUT2D eigenvalue weighted by Gasteiger charge is 2.26. The molecule has 8 heteroatoms. The number of rotatable bonds is 3. The van der Waals surface area contributed by atoms with E-state index in [0.29, 0.717) is 5.01 Å². The molecule has 0 N–H and O–H groups in total. The summed E-state index contributed by atoms with van der Waals surface area (Å²) in [5.41, 5.74) is 0. The van der Waals surface area contributed by atoms with Crippen LogP contribution < -0.4 is 0 Å². The molecule has 0 aliphatic heterocycles. The summed E-state index contributed by atoms with van der Waals surface area (Å²) in [6.45, 7) is 3.37. The van der Waals surface area contributed by atoms with E-state index >= 15 is 0 Å². The quantitative estimate of drug-likeness (QED) is 0.615. The average Bonchev–Trinajstić information content (AvgIpc) is 2.47. The van der Waals surface area contributed by atoms with E-state index in [4.69, 9.17) is 10.7 Å². The first-order valence-electron chi connectivity index (χ1n) is 3.95. The van der Waals surface area contributed by atoms with Crippen LogP contribution in [0.15, 0.2) is 5.03 Å². The Labute approximate surface area is 95.5 Å². The number of ether oxygens (including phenoxy) is 1. The highest BCUT2D eigenvalue weighted by atomic mass is 35.7. The van der Waals surface area contributed by atoms with Crippen LogP contribution in [0.4, 0.5) is 0 Å². The fourth-order valence-corrected chi connectivity index (χ4v) is 3.14. The van der Waals surface area contributed by atoms with Crippen LogP contribution in [0.3, 0.4) is 0 Å². The van der Waals surface area contributed by atoms with E-state index in [2.05, 4.69) is 9.72 Å². The van der Waals surface area contributed by atoms with Crippen LogP contribution in [0.5, 0.6) is 0 Å². The van der Waals surface area contributed by atoms with Gasteiger partial charge in [-0.1, -0.05) is 0 Å². The van der Waals surface area contributed by atoms with Crippen molar-refractivity contribution in [3.63, 3.8) is 0 Å². The van der Waals surface area contributed by atoms with E-state index in [1.807, 2.05) is 0 Å². The van der Waals surface area contributed by atoms with Crippen molar-refractivity contribution >= 4 is 37.0 Å². The zero-order valence-electron chi connectivity index (χ0n) is 7.98. The minimum Gasteiger partial charge on any atom is -0.462 e. The number of esters is 1. The number of hydrogen-bond acceptors (Lipinski definition) is 6. The molecule has 0 aliphatic carbocycles. The first kappa shape index (κ1) is 12.4. The van der Waals surface area contributed by atoms with E-state index in [1.54, 1.807) is 13.8 Å². The van der Waals surface area contributed by atoms with Crippen LogP contribution in [0.2, 0.25) is 0 Å². The molecule has 0 aliphatic rings. The summed E-state index contributed by atoms with van der Waals surface area (Å²) in [5.74, 6) is -0.720. The molecule has 0 saturated carbocycles. The van der Waals surface area contributed by atoms with Crippen molar-refractivity contribution in [3.8, 4) is 0 Å². The monoisotopic (exact) mass is 269 g/mol. The Morgan fingerprint density at radius 3 is 2.67 bits per heavy atom. The van der Waals surface area contributed by atoms with Crippen LogP contribution in [0.25, 0.3) is 0 Å². The predicted octanol–water partition coefficient (Wildman–Crippen LogP) is 1.56. The van der Waals surface area contributed by atoms with E-state index in [0.717, 1.165) is 11.3 Å². The zero-order valence-corrected chi connectivity index (χ0v) is 10.4. The van der Waals surface area contributed by atoms with Gasteiger partial charge in [0.25, 0.3) is 9.05 Å². The van der Waals surface area contributed by atoms with Crippen LogP contribution >= 0.6 is 22.0 Å². The van der Waals surface area contributed by atoms with Crippen molar-refractivity contribution in [1.82, 2.24) is 4.98 Å². The third-order valence-corrected chi connectivity index (χ3v) is 3.67. The molecule has 1 heterocycles. The van der Waals surface area contributed by atoms with Gasteiger partial charge >= 0.3 is 5.97 Å².